The van der Waals surface area contributed by atoms with Gasteiger partial charge in [-0.3, -0.25) is 9.59 Å². The summed E-state index contributed by atoms with van der Waals surface area (Å²) in [5.74, 6) is 1.31. The molecule has 36 heavy (non-hydrogen) atoms. The third-order valence-electron chi connectivity index (χ3n) is 6.40. The van der Waals surface area contributed by atoms with Gasteiger partial charge in [0.1, 0.15) is 5.82 Å². The molecule has 1 N–H and O–H groups in total. The lowest BCUT2D eigenvalue weighted by Crippen LogP contribution is -2.40. The Balaban J connectivity index is 1.41. The summed E-state index contributed by atoms with van der Waals surface area (Å²) < 4.78 is 12.2. The Bertz CT molecular complexity index is 1480. The van der Waals surface area contributed by atoms with Crippen LogP contribution in [0.4, 0.5) is 0 Å². The van der Waals surface area contributed by atoms with Gasteiger partial charge in [0.25, 0.3) is 11.5 Å². The number of nitrogens with zero attached hydrogens (tertiary/aromatic N) is 5. The molecule has 0 bridgehead atoms. The van der Waals surface area contributed by atoms with E-state index < -0.39 is 0 Å². The number of aromatic amines is 1. The number of rotatable bonds is 6. The Morgan fingerprint density at radius 1 is 1.17 bits per heavy atom. The van der Waals surface area contributed by atoms with Crippen molar-refractivity contribution < 1.29 is 14.3 Å². The Hall–Kier alpha value is -3.92. The molecule has 1 aliphatic heterocycles. The van der Waals surface area contributed by atoms with E-state index >= 15 is 0 Å². The number of methoxy groups -OCH3 is 2. The standard InChI is InChI=1S/C25H25ClN6O4/c1-35-19-10-9-15(12-20(19)36-2)25(34)31-11-5-7-17(13-31)22-27-23-21(24(33)28-22)29-30-32(23)14-16-6-3-4-8-18(16)26/h3-4,6,8-10,12,17H,5,7,11,13-14H2,1-2H3,(H,27,28,33). The molecule has 1 atom stereocenters. The number of halogens is 1. The molecule has 0 spiro atoms. The van der Waals surface area contributed by atoms with Crippen molar-refractivity contribution in [2.24, 2.45) is 0 Å². The number of piperidine rings is 1. The molecule has 3 heterocycles. The number of fused-ring (bicyclic) bond motifs is 1. The van der Waals surface area contributed by atoms with E-state index in [0.717, 1.165) is 18.4 Å². The van der Waals surface area contributed by atoms with E-state index in [4.69, 9.17) is 26.1 Å². The second-order valence-corrected chi connectivity index (χ2v) is 9.03. The van der Waals surface area contributed by atoms with Crippen molar-refractivity contribution in [1.82, 2.24) is 29.9 Å². The van der Waals surface area contributed by atoms with Crippen LogP contribution >= 0.6 is 11.6 Å². The van der Waals surface area contributed by atoms with Crippen LogP contribution in [0, 0.1) is 0 Å². The normalized spacial score (nSPS) is 15.8. The lowest BCUT2D eigenvalue weighted by molar-refractivity contribution is 0.0704. The quantitative estimate of drug-likeness (QED) is 0.425. The lowest BCUT2D eigenvalue weighted by Gasteiger charge is -2.32. The number of carbonyl (C=O) groups excluding carboxylic acids is 1. The number of hydrogen-bond donors (Lipinski definition) is 1. The number of amides is 1. The summed E-state index contributed by atoms with van der Waals surface area (Å²) in [5, 5.41) is 8.75. The molecular formula is C25H25ClN6O4. The fraction of sp³-hybridized carbons (Fsp3) is 0.320. The van der Waals surface area contributed by atoms with Gasteiger partial charge in [-0.25, -0.2) is 9.67 Å². The second kappa shape index (κ2) is 9.98. The van der Waals surface area contributed by atoms with Gasteiger partial charge in [-0.05, 0) is 42.7 Å². The Labute approximate surface area is 211 Å². The second-order valence-electron chi connectivity index (χ2n) is 8.62. The third kappa shape index (κ3) is 4.51. The first-order valence-corrected chi connectivity index (χ1v) is 11.9. The molecule has 5 rings (SSSR count). The zero-order valence-electron chi connectivity index (χ0n) is 19.9. The largest absolute Gasteiger partial charge is 0.493 e. The molecule has 11 heteroatoms. The summed E-state index contributed by atoms with van der Waals surface area (Å²) in [7, 11) is 3.08. The number of benzene rings is 2. The van der Waals surface area contributed by atoms with Gasteiger partial charge in [0, 0.05) is 29.6 Å². The minimum Gasteiger partial charge on any atom is -0.493 e. The summed E-state index contributed by atoms with van der Waals surface area (Å²) in [4.78, 5) is 35.4. The van der Waals surface area contributed by atoms with Gasteiger partial charge in [-0.1, -0.05) is 35.0 Å². The maximum absolute atomic E-state index is 13.3. The summed E-state index contributed by atoms with van der Waals surface area (Å²) in [6, 6.07) is 12.5. The monoisotopic (exact) mass is 508 g/mol. The van der Waals surface area contributed by atoms with Crippen molar-refractivity contribution in [2.45, 2.75) is 25.3 Å². The van der Waals surface area contributed by atoms with Crippen LogP contribution in [0.25, 0.3) is 11.2 Å². The van der Waals surface area contributed by atoms with Crippen LogP contribution in [-0.4, -0.2) is 63.1 Å². The molecule has 1 fully saturated rings. The van der Waals surface area contributed by atoms with E-state index in [-0.39, 0.29) is 22.9 Å². The average molecular weight is 509 g/mol. The van der Waals surface area contributed by atoms with Crippen LogP contribution < -0.4 is 15.0 Å². The van der Waals surface area contributed by atoms with Crippen LogP contribution in [-0.2, 0) is 6.54 Å². The van der Waals surface area contributed by atoms with E-state index in [1.165, 1.54) is 7.11 Å². The predicted molar refractivity (Wildman–Crippen MR) is 134 cm³/mol. The van der Waals surface area contributed by atoms with Crippen molar-refractivity contribution in [2.75, 3.05) is 27.3 Å². The van der Waals surface area contributed by atoms with Crippen LogP contribution in [0.15, 0.2) is 47.3 Å². The van der Waals surface area contributed by atoms with Crippen molar-refractivity contribution in [3.63, 3.8) is 0 Å². The van der Waals surface area contributed by atoms with Crippen LogP contribution in [0.3, 0.4) is 0 Å². The first kappa shape index (κ1) is 23.8. The maximum atomic E-state index is 13.3. The van der Waals surface area contributed by atoms with Crippen molar-refractivity contribution in [1.29, 1.82) is 0 Å². The number of carbonyl (C=O) groups is 1. The molecule has 0 radical (unpaired) electrons. The molecule has 1 amide bonds. The van der Waals surface area contributed by atoms with E-state index in [9.17, 15) is 9.59 Å². The van der Waals surface area contributed by atoms with Crippen molar-refractivity contribution in [3.05, 3.63) is 74.8 Å². The number of ether oxygens (including phenoxy) is 2. The highest BCUT2D eigenvalue weighted by atomic mass is 35.5. The smallest absolute Gasteiger partial charge is 0.281 e. The predicted octanol–water partition coefficient (Wildman–Crippen LogP) is 3.25. The van der Waals surface area contributed by atoms with Gasteiger partial charge < -0.3 is 19.4 Å². The van der Waals surface area contributed by atoms with Crippen LogP contribution in [0.5, 0.6) is 11.5 Å². The molecule has 2 aromatic heterocycles. The zero-order chi connectivity index (χ0) is 25.2. The van der Waals surface area contributed by atoms with E-state index in [1.807, 2.05) is 18.2 Å². The molecule has 2 aromatic carbocycles. The van der Waals surface area contributed by atoms with Crippen LogP contribution in [0.2, 0.25) is 5.02 Å². The van der Waals surface area contributed by atoms with E-state index in [0.29, 0.717) is 53.2 Å². The van der Waals surface area contributed by atoms with Gasteiger partial charge in [-0.15, -0.1) is 5.10 Å². The zero-order valence-corrected chi connectivity index (χ0v) is 20.7. The Morgan fingerprint density at radius 2 is 1.97 bits per heavy atom. The maximum Gasteiger partial charge on any atom is 0.281 e. The first-order valence-electron chi connectivity index (χ1n) is 11.6. The SMILES string of the molecule is COc1ccc(C(=O)N2CCCC(c3nc4c(nnn4Cc4ccccc4Cl)c(=O)[nH]3)C2)cc1OC. The highest BCUT2D eigenvalue weighted by Gasteiger charge is 2.28. The number of H-pyrrole nitrogens is 1. The summed E-state index contributed by atoms with van der Waals surface area (Å²) in [6.07, 6.45) is 1.57. The molecule has 4 aromatic rings. The summed E-state index contributed by atoms with van der Waals surface area (Å²) in [5.41, 5.74) is 1.55. The molecule has 0 aliphatic carbocycles. The topological polar surface area (TPSA) is 115 Å². The molecule has 1 unspecified atom stereocenters. The number of aromatic nitrogens is 5. The van der Waals surface area contributed by atoms with E-state index in [1.54, 1.807) is 41.0 Å². The minimum atomic E-state index is -0.358. The summed E-state index contributed by atoms with van der Waals surface area (Å²) >= 11 is 6.31. The van der Waals surface area contributed by atoms with Crippen molar-refractivity contribution >= 4 is 28.7 Å². The van der Waals surface area contributed by atoms with Crippen LogP contribution in [0.1, 0.15) is 40.5 Å². The molecule has 0 saturated carbocycles. The molecule has 1 aliphatic rings. The van der Waals surface area contributed by atoms with Gasteiger partial charge >= 0.3 is 0 Å². The summed E-state index contributed by atoms with van der Waals surface area (Å²) in [6.45, 7) is 1.37. The fourth-order valence-electron chi connectivity index (χ4n) is 4.51. The molecular weight excluding hydrogens is 484 g/mol. The van der Waals surface area contributed by atoms with Gasteiger partial charge in [0.15, 0.2) is 22.7 Å². The molecule has 186 valence electrons. The number of likely N-dealkylation sites (tertiary alicyclic amines) is 1. The van der Waals surface area contributed by atoms with Gasteiger partial charge in [0.05, 0.1) is 20.8 Å². The van der Waals surface area contributed by atoms with Gasteiger partial charge in [0.2, 0.25) is 0 Å². The molecule has 1 saturated heterocycles. The third-order valence-corrected chi connectivity index (χ3v) is 6.76. The Kier molecular flexibility index (Phi) is 6.60. The highest BCUT2D eigenvalue weighted by molar-refractivity contribution is 6.31. The fourth-order valence-corrected chi connectivity index (χ4v) is 4.70. The number of nitrogens with one attached hydrogen (secondary N) is 1. The highest BCUT2D eigenvalue weighted by Crippen LogP contribution is 2.30. The van der Waals surface area contributed by atoms with Gasteiger partial charge in [-0.2, -0.15) is 0 Å². The minimum absolute atomic E-state index is 0.116. The van der Waals surface area contributed by atoms with E-state index in [2.05, 4.69) is 15.3 Å². The Morgan fingerprint density at radius 3 is 2.75 bits per heavy atom. The lowest BCUT2D eigenvalue weighted by atomic mass is 9.96. The first-order chi connectivity index (χ1) is 17.5. The molecule has 10 nitrogen and oxygen atoms in total. The van der Waals surface area contributed by atoms with Crippen molar-refractivity contribution in [3.8, 4) is 11.5 Å². The number of hydrogen-bond acceptors (Lipinski definition) is 7. The average Bonchev–Trinajstić information content (AvgIpc) is 3.32.